The van der Waals surface area contributed by atoms with Crippen molar-refractivity contribution in [1.82, 2.24) is 4.98 Å². The van der Waals surface area contributed by atoms with E-state index in [4.69, 9.17) is 10.8 Å². The van der Waals surface area contributed by atoms with E-state index in [0.717, 1.165) is 6.42 Å². The molecule has 0 fully saturated rings. The first-order valence-electron chi connectivity index (χ1n) is 5.57. The summed E-state index contributed by atoms with van der Waals surface area (Å²) >= 11 is 1.82. The van der Waals surface area contributed by atoms with Crippen molar-refractivity contribution >= 4 is 11.8 Å². The van der Waals surface area contributed by atoms with Gasteiger partial charge < -0.3 is 10.8 Å². The molecule has 0 aliphatic rings. The smallest absolute Gasteiger partial charge is 0.0449 e. The molecule has 1 aromatic rings. The van der Waals surface area contributed by atoms with E-state index in [1.807, 2.05) is 30.8 Å². The Morgan fingerprint density at radius 3 is 2.50 bits per heavy atom. The van der Waals surface area contributed by atoms with Gasteiger partial charge in [0, 0.05) is 35.5 Å². The van der Waals surface area contributed by atoms with Gasteiger partial charge in [-0.3, -0.25) is 4.98 Å². The lowest BCUT2D eigenvalue weighted by Gasteiger charge is -2.24. The van der Waals surface area contributed by atoms with Crippen LogP contribution in [0.4, 0.5) is 0 Å². The summed E-state index contributed by atoms with van der Waals surface area (Å²) < 4.78 is 0. The average molecular weight is 240 g/mol. The first-order chi connectivity index (χ1) is 7.65. The van der Waals surface area contributed by atoms with Crippen molar-refractivity contribution in [1.29, 1.82) is 0 Å². The molecule has 1 aromatic heterocycles. The molecule has 0 spiro atoms. The summed E-state index contributed by atoms with van der Waals surface area (Å²) in [6.07, 6.45) is 4.39. The maximum atomic E-state index is 8.90. The number of thioether (sulfide) groups is 1. The standard InChI is InChI=1S/C12H20N2OS/c1-9(5-8-15)16-12(10(2)13)11-3-6-14-7-4-11/h3-4,6-7,9-10,12,15H,5,8,13H2,1-2H3. The molecule has 3 unspecified atom stereocenters. The van der Waals surface area contributed by atoms with Crippen molar-refractivity contribution < 1.29 is 5.11 Å². The lowest BCUT2D eigenvalue weighted by molar-refractivity contribution is 0.288. The predicted molar refractivity (Wildman–Crippen MR) is 69.4 cm³/mol. The van der Waals surface area contributed by atoms with Gasteiger partial charge in [-0.15, -0.1) is 11.8 Å². The van der Waals surface area contributed by atoms with Gasteiger partial charge in [-0.2, -0.15) is 0 Å². The fourth-order valence-electron chi connectivity index (χ4n) is 1.56. The predicted octanol–water partition coefficient (Wildman–Crippen LogP) is 1.97. The first-order valence-corrected chi connectivity index (χ1v) is 6.51. The molecule has 0 saturated carbocycles. The maximum absolute atomic E-state index is 8.90. The summed E-state index contributed by atoms with van der Waals surface area (Å²) in [5, 5.41) is 9.58. The Balaban J connectivity index is 2.69. The normalized spacial score (nSPS) is 16.8. The molecule has 0 aliphatic heterocycles. The van der Waals surface area contributed by atoms with Crippen LogP contribution < -0.4 is 5.73 Å². The number of nitrogens with zero attached hydrogens (tertiary/aromatic N) is 1. The quantitative estimate of drug-likeness (QED) is 0.798. The minimum absolute atomic E-state index is 0.0912. The molecule has 0 radical (unpaired) electrons. The number of nitrogens with two attached hydrogens (primary N) is 1. The van der Waals surface area contributed by atoms with Crippen LogP contribution in [0.5, 0.6) is 0 Å². The van der Waals surface area contributed by atoms with Gasteiger partial charge in [-0.05, 0) is 31.0 Å². The van der Waals surface area contributed by atoms with E-state index in [2.05, 4.69) is 11.9 Å². The lowest BCUT2D eigenvalue weighted by atomic mass is 10.1. The van der Waals surface area contributed by atoms with Crippen molar-refractivity contribution in [2.45, 2.75) is 36.8 Å². The fourth-order valence-corrected chi connectivity index (χ4v) is 2.86. The van der Waals surface area contributed by atoms with E-state index < -0.39 is 0 Å². The van der Waals surface area contributed by atoms with Gasteiger partial charge in [-0.25, -0.2) is 0 Å². The molecule has 0 saturated heterocycles. The Bertz CT molecular complexity index is 292. The van der Waals surface area contributed by atoms with Crippen LogP contribution in [0.25, 0.3) is 0 Å². The minimum atomic E-state index is 0.0912. The second-order valence-corrected chi connectivity index (χ2v) is 5.60. The van der Waals surface area contributed by atoms with Gasteiger partial charge >= 0.3 is 0 Å². The van der Waals surface area contributed by atoms with E-state index in [1.165, 1.54) is 5.56 Å². The molecule has 0 amide bonds. The summed E-state index contributed by atoms with van der Waals surface area (Å²) in [7, 11) is 0. The number of aromatic nitrogens is 1. The van der Waals surface area contributed by atoms with Crippen LogP contribution in [0.15, 0.2) is 24.5 Å². The van der Waals surface area contributed by atoms with E-state index in [0.29, 0.717) is 5.25 Å². The van der Waals surface area contributed by atoms with Crippen LogP contribution in [0.3, 0.4) is 0 Å². The van der Waals surface area contributed by atoms with Crippen LogP contribution >= 0.6 is 11.8 Å². The molecule has 0 bridgehead atoms. The van der Waals surface area contributed by atoms with Crippen LogP contribution in [-0.4, -0.2) is 28.0 Å². The van der Waals surface area contributed by atoms with Gasteiger partial charge in [0.1, 0.15) is 0 Å². The second-order valence-electron chi connectivity index (χ2n) is 4.02. The van der Waals surface area contributed by atoms with E-state index in [-0.39, 0.29) is 17.9 Å². The summed E-state index contributed by atoms with van der Waals surface area (Å²) in [6, 6.07) is 4.10. The number of rotatable bonds is 6. The van der Waals surface area contributed by atoms with Crippen LogP contribution in [0.2, 0.25) is 0 Å². The van der Waals surface area contributed by atoms with Crippen molar-refractivity contribution in [3.8, 4) is 0 Å². The number of aliphatic hydroxyl groups is 1. The molecule has 3 nitrogen and oxygen atoms in total. The summed E-state index contributed by atoms with van der Waals surface area (Å²) in [4.78, 5) is 4.01. The monoisotopic (exact) mass is 240 g/mol. The highest BCUT2D eigenvalue weighted by atomic mass is 32.2. The van der Waals surface area contributed by atoms with Crippen molar-refractivity contribution in [3.63, 3.8) is 0 Å². The number of pyridine rings is 1. The number of hydrogen-bond acceptors (Lipinski definition) is 4. The number of hydrogen-bond donors (Lipinski definition) is 2. The van der Waals surface area contributed by atoms with Gasteiger partial charge in [0.05, 0.1) is 0 Å². The van der Waals surface area contributed by atoms with Gasteiger partial charge in [0.2, 0.25) is 0 Å². The van der Waals surface area contributed by atoms with Crippen LogP contribution in [0, 0.1) is 0 Å². The molecular weight excluding hydrogens is 220 g/mol. The lowest BCUT2D eigenvalue weighted by Crippen LogP contribution is -2.24. The van der Waals surface area contributed by atoms with E-state index in [1.54, 1.807) is 12.4 Å². The fraction of sp³-hybridized carbons (Fsp3) is 0.583. The SMILES string of the molecule is CC(CCO)SC(c1ccncc1)C(C)N. The minimum Gasteiger partial charge on any atom is -0.396 e. The van der Waals surface area contributed by atoms with Crippen LogP contribution in [0.1, 0.15) is 31.1 Å². The average Bonchev–Trinajstić information content (AvgIpc) is 2.27. The topological polar surface area (TPSA) is 59.1 Å². The molecule has 90 valence electrons. The Hall–Kier alpha value is -0.580. The van der Waals surface area contributed by atoms with Crippen molar-refractivity contribution in [2.75, 3.05) is 6.61 Å². The molecule has 4 heteroatoms. The maximum Gasteiger partial charge on any atom is 0.0449 e. The highest BCUT2D eigenvalue weighted by Gasteiger charge is 2.19. The summed E-state index contributed by atoms with van der Waals surface area (Å²) in [5.41, 5.74) is 7.22. The highest BCUT2D eigenvalue weighted by molar-refractivity contribution is 8.00. The van der Waals surface area contributed by atoms with Gasteiger partial charge in [0.15, 0.2) is 0 Å². The largest absolute Gasteiger partial charge is 0.396 e. The zero-order valence-corrected chi connectivity index (χ0v) is 10.7. The first kappa shape index (κ1) is 13.5. The van der Waals surface area contributed by atoms with Gasteiger partial charge in [0.25, 0.3) is 0 Å². The third-order valence-corrected chi connectivity index (χ3v) is 4.12. The second kappa shape index (κ2) is 6.89. The molecule has 1 rings (SSSR count). The zero-order chi connectivity index (χ0) is 12.0. The summed E-state index contributed by atoms with van der Waals surface area (Å²) in [6.45, 7) is 4.37. The third kappa shape index (κ3) is 4.12. The molecule has 0 aromatic carbocycles. The van der Waals surface area contributed by atoms with Crippen molar-refractivity contribution in [3.05, 3.63) is 30.1 Å². The molecule has 3 N–H and O–H groups in total. The Labute approximate surface area is 101 Å². The highest BCUT2D eigenvalue weighted by Crippen LogP contribution is 2.35. The molecular formula is C12H20N2OS. The summed E-state index contributed by atoms with van der Waals surface area (Å²) in [5.74, 6) is 0. The number of aliphatic hydroxyl groups excluding tert-OH is 1. The Morgan fingerprint density at radius 2 is 2.00 bits per heavy atom. The molecule has 0 aliphatic carbocycles. The molecule has 16 heavy (non-hydrogen) atoms. The third-order valence-electron chi connectivity index (χ3n) is 2.43. The molecule has 3 atom stereocenters. The Kier molecular flexibility index (Phi) is 5.80. The van der Waals surface area contributed by atoms with E-state index in [9.17, 15) is 0 Å². The van der Waals surface area contributed by atoms with E-state index >= 15 is 0 Å². The van der Waals surface area contributed by atoms with Crippen molar-refractivity contribution in [2.24, 2.45) is 5.73 Å². The zero-order valence-electron chi connectivity index (χ0n) is 9.84. The molecule has 1 heterocycles. The Morgan fingerprint density at radius 1 is 1.38 bits per heavy atom. The van der Waals surface area contributed by atoms with Gasteiger partial charge in [-0.1, -0.05) is 6.92 Å². The van der Waals surface area contributed by atoms with Crippen LogP contribution in [-0.2, 0) is 0 Å².